The first-order valence-electron chi connectivity index (χ1n) is 11.7. The Kier molecular flexibility index (Phi) is 10.7. The van der Waals surface area contributed by atoms with Gasteiger partial charge < -0.3 is 10.1 Å². The number of carbonyl (C=O) groups is 2. The molecule has 1 atom stereocenters. The van der Waals surface area contributed by atoms with Gasteiger partial charge in [-0.3, -0.25) is 9.59 Å². The van der Waals surface area contributed by atoms with Crippen molar-refractivity contribution < 1.29 is 14.3 Å². The summed E-state index contributed by atoms with van der Waals surface area (Å²) in [5.41, 5.74) is 4.76. The molecule has 0 aromatic heterocycles. The maximum Gasteiger partial charge on any atom is 0.306 e. The van der Waals surface area contributed by atoms with Crippen molar-refractivity contribution in [1.29, 1.82) is 0 Å². The molecule has 0 bridgehead atoms. The number of nitrogens with one attached hydrogen (secondary N) is 1. The zero-order chi connectivity index (χ0) is 24.4. The zero-order valence-corrected chi connectivity index (χ0v) is 22.8. The van der Waals surface area contributed by atoms with E-state index in [1.54, 1.807) is 11.8 Å². The van der Waals surface area contributed by atoms with Crippen molar-refractivity contribution in [1.82, 2.24) is 5.32 Å². The summed E-state index contributed by atoms with van der Waals surface area (Å²) in [5, 5.41) is 3.14. The normalized spacial score (nSPS) is 12.3. The van der Waals surface area contributed by atoms with E-state index in [0.717, 1.165) is 40.5 Å². The SMILES string of the molecule is CSCC[C@@H](C)NC(=O)c1ccc(CCC(=O)OCC[Si](C)(C)C)cc1-c1ccccc1C. The monoisotopic (exact) mass is 485 g/mol. The highest BCUT2D eigenvalue weighted by atomic mass is 32.2. The molecular formula is C27H39NO3SSi. The van der Waals surface area contributed by atoms with Crippen molar-refractivity contribution in [3.63, 3.8) is 0 Å². The lowest BCUT2D eigenvalue weighted by atomic mass is 9.92. The summed E-state index contributed by atoms with van der Waals surface area (Å²) in [5.74, 6) is 0.799. The van der Waals surface area contributed by atoms with E-state index in [1.165, 1.54) is 0 Å². The largest absolute Gasteiger partial charge is 0.466 e. The molecule has 0 saturated carbocycles. The standard InChI is InChI=1S/C27H39NO3SSi/c1-20-9-7-8-10-23(20)25-19-22(12-14-26(29)31-16-18-33(4,5)6)11-13-24(25)27(30)28-21(2)15-17-32-3/h7-11,13,19,21H,12,14-18H2,1-6H3,(H,28,30)/t21-/m1/s1. The Hall–Kier alpha value is -2.05. The highest BCUT2D eigenvalue weighted by Gasteiger charge is 2.18. The number of thioether (sulfide) groups is 1. The van der Waals surface area contributed by atoms with E-state index >= 15 is 0 Å². The minimum atomic E-state index is -1.21. The number of esters is 1. The lowest BCUT2D eigenvalue weighted by molar-refractivity contribution is -0.143. The Morgan fingerprint density at radius 1 is 1.09 bits per heavy atom. The van der Waals surface area contributed by atoms with Crippen molar-refractivity contribution in [2.75, 3.05) is 18.6 Å². The van der Waals surface area contributed by atoms with Crippen molar-refractivity contribution in [3.8, 4) is 11.1 Å². The van der Waals surface area contributed by atoms with E-state index in [2.05, 4.69) is 50.3 Å². The van der Waals surface area contributed by atoms with Crippen LogP contribution in [-0.2, 0) is 16.0 Å². The van der Waals surface area contributed by atoms with Gasteiger partial charge in [0, 0.05) is 26.1 Å². The number of hydrogen-bond donors (Lipinski definition) is 1. The molecule has 4 nitrogen and oxygen atoms in total. The molecule has 2 aromatic carbocycles. The van der Waals surface area contributed by atoms with Crippen LogP contribution in [0.4, 0.5) is 0 Å². The molecule has 1 amide bonds. The van der Waals surface area contributed by atoms with Crippen LogP contribution in [0.3, 0.4) is 0 Å². The minimum Gasteiger partial charge on any atom is -0.466 e. The van der Waals surface area contributed by atoms with E-state index in [9.17, 15) is 9.59 Å². The van der Waals surface area contributed by atoms with Gasteiger partial charge in [-0.2, -0.15) is 11.8 Å². The van der Waals surface area contributed by atoms with Gasteiger partial charge in [0.05, 0.1) is 6.61 Å². The van der Waals surface area contributed by atoms with Gasteiger partial charge in [0.1, 0.15) is 0 Å². The predicted molar refractivity (Wildman–Crippen MR) is 144 cm³/mol. The highest BCUT2D eigenvalue weighted by Crippen LogP contribution is 2.29. The van der Waals surface area contributed by atoms with E-state index in [4.69, 9.17) is 4.74 Å². The second kappa shape index (κ2) is 13.0. The van der Waals surface area contributed by atoms with Crippen LogP contribution in [0.2, 0.25) is 25.7 Å². The number of aryl methyl sites for hydroxylation is 2. The van der Waals surface area contributed by atoms with Crippen molar-refractivity contribution >= 4 is 31.7 Å². The molecule has 0 aliphatic heterocycles. The molecule has 0 aliphatic carbocycles. The van der Waals surface area contributed by atoms with Gasteiger partial charge in [-0.25, -0.2) is 0 Å². The molecule has 2 rings (SSSR count). The molecule has 6 heteroatoms. The Balaban J connectivity index is 2.17. The zero-order valence-electron chi connectivity index (χ0n) is 21.0. The molecule has 0 heterocycles. The van der Waals surface area contributed by atoms with Crippen molar-refractivity contribution in [2.45, 2.75) is 64.8 Å². The van der Waals surface area contributed by atoms with Gasteiger partial charge >= 0.3 is 5.97 Å². The lowest BCUT2D eigenvalue weighted by Gasteiger charge is -2.17. The van der Waals surface area contributed by atoms with Gasteiger partial charge in [0.2, 0.25) is 0 Å². The van der Waals surface area contributed by atoms with Gasteiger partial charge in [0.15, 0.2) is 0 Å². The fourth-order valence-electron chi connectivity index (χ4n) is 3.50. The molecule has 0 aliphatic rings. The molecule has 0 radical (unpaired) electrons. The topological polar surface area (TPSA) is 55.4 Å². The Bertz CT molecular complexity index is 939. The fourth-order valence-corrected chi connectivity index (χ4v) is 4.80. The minimum absolute atomic E-state index is 0.0563. The summed E-state index contributed by atoms with van der Waals surface area (Å²) in [7, 11) is -1.21. The Morgan fingerprint density at radius 3 is 2.48 bits per heavy atom. The summed E-state index contributed by atoms with van der Waals surface area (Å²) in [6.45, 7) is 11.4. The number of hydrogen-bond acceptors (Lipinski definition) is 4. The molecular weight excluding hydrogens is 446 g/mol. The van der Waals surface area contributed by atoms with Crippen molar-refractivity contribution in [2.24, 2.45) is 0 Å². The Labute approximate surface area is 204 Å². The summed E-state index contributed by atoms with van der Waals surface area (Å²) in [6, 6.07) is 15.1. The van der Waals surface area contributed by atoms with E-state index in [0.29, 0.717) is 25.0 Å². The second-order valence-electron chi connectivity index (χ2n) is 9.88. The summed E-state index contributed by atoms with van der Waals surface area (Å²) in [6.07, 6.45) is 3.95. The number of carbonyl (C=O) groups excluding carboxylic acids is 2. The third-order valence-electron chi connectivity index (χ3n) is 5.63. The number of benzene rings is 2. The highest BCUT2D eigenvalue weighted by molar-refractivity contribution is 7.98. The lowest BCUT2D eigenvalue weighted by Crippen LogP contribution is -2.33. The first-order chi connectivity index (χ1) is 15.6. The van der Waals surface area contributed by atoms with Crippen LogP contribution in [0.5, 0.6) is 0 Å². The fraction of sp³-hybridized carbons (Fsp3) is 0.481. The second-order valence-corrected chi connectivity index (χ2v) is 16.5. The van der Waals surface area contributed by atoms with Gasteiger partial charge in [-0.05, 0) is 73.1 Å². The van der Waals surface area contributed by atoms with E-state index in [-0.39, 0.29) is 17.9 Å². The van der Waals surface area contributed by atoms with Crippen LogP contribution in [0.1, 0.15) is 41.3 Å². The summed E-state index contributed by atoms with van der Waals surface area (Å²) < 4.78 is 5.44. The molecule has 0 saturated heterocycles. The van der Waals surface area contributed by atoms with Gasteiger partial charge in [-0.1, -0.05) is 56.0 Å². The molecule has 0 spiro atoms. The number of amides is 1. The maximum atomic E-state index is 13.1. The van der Waals surface area contributed by atoms with Gasteiger partial charge in [0.25, 0.3) is 5.91 Å². The molecule has 180 valence electrons. The molecule has 0 unspecified atom stereocenters. The van der Waals surface area contributed by atoms with Crippen molar-refractivity contribution in [3.05, 3.63) is 59.2 Å². The predicted octanol–water partition coefficient (Wildman–Crippen LogP) is 6.35. The quantitative estimate of drug-likeness (QED) is 0.281. The molecule has 33 heavy (non-hydrogen) atoms. The van der Waals surface area contributed by atoms with Gasteiger partial charge in [-0.15, -0.1) is 0 Å². The molecule has 2 aromatic rings. The third-order valence-corrected chi connectivity index (χ3v) is 7.98. The first-order valence-corrected chi connectivity index (χ1v) is 16.8. The molecule has 0 fully saturated rings. The van der Waals surface area contributed by atoms with Crippen LogP contribution in [-0.4, -0.2) is 44.6 Å². The number of ether oxygens (including phenoxy) is 1. The van der Waals surface area contributed by atoms with Crippen LogP contribution in [0.25, 0.3) is 11.1 Å². The van der Waals surface area contributed by atoms with E-state index < -0.39 is 8.07 Å². The smallest absolute Gasteiger partial charge is 0.306 e. The van der Waals surface area contributed by atoms with Crippen LogP contribution in [0.15, 0.2) is 42.5 Å². The Morgan fingerprint density at radius 2 is 1.82 bits per heavy atom. The summed E-state index contributed by atoms with van der Waals surface area (Å²) >= 11 is 1.78. The number of rotatable bonds is 12. The molecule has 1 N–H and O–H groups in total. The maximum absolute atomic E-state index is 13.1. The van der Waals surface area contributed by atoms with Crippen LogP contribution in [0, 0.1) is 6.92 Å². The van der Waals surface area contributed by atoms with E-state index in [1.807, 2.05) is 37.3 Å². The van der Waals surface area contributed by atoms with Crippen LogP contribution >= 0.6 is 11.8 Å². The van der Waals surface area contributed by atoms with Crippen LogP contribution < -0.4 is 5.32 Å². The first kappa shape index (κ1) is 27.2. The summed E-state index contributed by atoms with van der Waals surface area (Å²) in [4.78, 5) is 25.3. The third kappa shape index (κ3) is 9.38. The average Bonchev–Trinajstić information content (AvgIpc) is 2.75. The average molecular weight is 486 g/mol.